The predicted molar refractivity (Wildman–Crippen MR) is 237 cm³/mol. The van der Waals surface area contributed by atoms with Gasteiger partial charge >= 0.3 is 0 Å². The molecule has 12 rings (SSSR count). The molecule has 0 unspecified atom stereocenters. The number of hydrogen-bond acceptors (Lipinski definition) is 4. The zero-order chi connectivity index (χ0) is 37.5. The first-order valence-corrected chi connectivity index (χ1v) is 19.4. The number of benzene rings is 9. The Kier molecular flexibility index (Phi) is 6.99. The van der Waals surface area contributed by atoms with E-state index in [1.165, 1.54) is 27.7 Å². The number of para-hydroxylation sites is 3. The van der Waals surface area contributed by atoms with Crippen molar-refractivity contribution in [1.82, 2.24) is 0 Å². The molecule has 4 nitrogen and oxygen atoms in total. The summed E-state index contributed by atoms with van der Waals surface area (Å²) in [6.07, 6.45) is 0. The summed E-state index contributed by atoms with van der Waals surface area (Å²) in [5.41, 5.74) is 14.4. The molecule has 3 heterocycles. The Balaban J connectivity index is 0.975. The van der Waals surface area contributed by atoms with Crippen molar-refractivity contribution in [1.29, 1.82) is 0 Å². The van der Waals surface area contributed by atoms with Gasteiger partial charge in [0.25, 0.3) is 6.71 Å². The third-order valence-electron chi connectivity index (χ3n) is 11.7. The summed E-state index contributed by atoms with van der Waals surface area (Å²) >= 11 is 0. The number of anilines is 6. The molecule has 0 fully saturated rings. The van der Waals surface area contributed by atoms with Gasteiger partial charge in [-0.25, -0.2) is 0 Å². The van der Waals surface area contributed by atoms with Crippen LogP contribution in [0.5, 0.6) is 11.5 Å². The Bertz CT molecular complexity index is 3160. The molecule has 0 N–H and O–H groups in total. The van der Waals surface area contributed by atoms with Crippen molar-refractivity contribution in [2.45, 2.75) is 0 Å². The summed E-state index contributed by atoms with van der Waals surface area (Å²) < 4.78 is 13.6. The first-order chi connectivity index (χ1) is 28.2. The van der Waals surface area contributed by atoms with Crippen LogP contribution in [-0.2, 0) is 0 Å². The summed E-state index contributed by atoms with van der Waals surface area (Å²) in [7, 11) is 0. The van der Waals surface area contributed by atoms with E-state index in [0.29, 0.717) is 0 Å². The lowest BCUT2D eigenvalue weighted by atomic mass is 9.34. The van der Waals surface area contributed by atoms with Crippen molar-refractivity contribution in [3.8, 4) is 22.6 Å². The van der Waals surface area contributed by atoms with E-state index in [-0.39, 0.29) is 6.71 Å². The molecular formula is C52H33BN2O2. The second-order valence-electron chi connectivity index (χ2n) is 14.9. The highest BCUT2D eigenvalue weighted by atomic mass is 16.5. The summed E-state index contributed by atoms with van der Waals surface area (Å²) in [6.45, 7) is 0.00100. The maximum Gasteiger partial charge on any atom is 0.256 e. The highest BCUT2D eigenvalue weighted by Gasteiger charge is 2.42. The molecule has 0 spiro atoms. The number of ether oxygens (including phenoxy) is 1. The molecule has 0 amide bonds. The normalized spacial score (nSPS) is 12.6. The van der Waals surface area contributed by atoms with Gasteiger partial charge in [-0.15, -0.1) is 0 Å². The third-order valence-corrected chi connectivity index (χ3v) is 11.7. The molecule has 266 valence electrons. The summed E-state index contributed by atoms with van der Waals surface area (Å²) in [6, 6.07) is 71.2. The lowest BCUT2D eigenvalue weighted by molar-refractivity contribution is 0.488. The fourth-order valence-corrected chi connectivity index (χ4v) is 9.08. The van der Waals surface area contributed by atoms with Gasteiger partial charge in [-0.2, -0.15) is 0 Å². The smallest absolute Gasteiger partial charge is 0.256 e. The van der Waals surface area contributed by atoms with Crippen LogP contribution in [0.4, 0.5) is 34.1 Å². The van der Waals surface area contributed by atoms with Crippen LogP contribution >= 0.6 is 0 Å². The van der Waals surface area contributed by atoms with E-state index in [1.807, 2.05) is 0 Å². The zero-order valence-corrected chi connectivity index (χ0v) is 30.8. The minimum absolute atomic E-state index is 0.00100. The number of hydrogen-bond donors (Lipinski definition) is 0. The van der Waals surface area contributed by atoms with Crippen LogP contribution < -0.4 is 30.9 Å². The minimum atomic E-state index is 0.00100. The summed E-state index contributed by atoms with van der Waals surface area (Å²) in [4.78, 5) is 4.67. The summed E-state index contributed by atoms with van der Waals surface area (Å²) in [5.74, 6) is 1.76. The van der Waals surface area contributed by atoms with Gasteiger partial charge in [0, 0.05) is 44.9 Å². The Morgan fingerprint density at radius 3 is 1.89 bits per heavy atom. The van der Waals surface area contributed by atoms with Gasteiger partial charge in [-0.05, 0) is 129 Å². The van der Waals surface area contributed by atoms with Gasteiger partial charge in [0.2, 0.25) is 0 Å². The van der Waals surface area contributed by atoms with Gasteiger partial charge in [0.15, 0.2) is 0 Å². The Hall–Kier alpha value is -7.50. The molecule has 57 heavy (non-hydrogen) atoms. The molecule has 0 atom stereocenters. The van der Waals surface area contributed by atoms with Gasteiger partial charge < -0.3 is 19.0 Å². The van der Waals surface area contributed by atoms with Crippen molar-refractivity contribution in [3.05, 3.63) is 200 Å². The fraction of sp³-hybridized carbons (Fsp3) is 0. The van der Waals surface area contributed by atoms with Gasteiger partial charge in [0.05, 0.1) is 0 Å². The topological polar surface area (TPSA) is 28.9 Å². The SMILES string of the molecule is c1ccc(-c2ccc(N(c3ccccc3)c3ccc4cc5c(cc4c3)oc3cc4c(cc35)Oc3cccc5c3B4c3ccccc3N5c3ccccc3)cc2)cc1. The van der Waals surface area contributed by atoms with Crippen molar-refractivity contribution < 1.29 is 9.15 Å². The largest absolute Gasteiger partial charge is 0.458 e. The summed E-state index contributed by atoms with van der Waals surface area (Å²) in [5, 5.41) is 4.39. The number of fused-ring (bicyclic) bond motifs is 8. The quantitative estimate of drug-likeness (QED) is 0.165. The molecule has 0 saturated heterocycles. The highest BCUT2D eigenvalue weighted by molar-refractivity contribution is 6.99. The second kappa shape index (κ2) is 12.5. The molecule has 9 aromatic carbocycles. The van der Waals surface area contributed by atoms with Gasteiger partial charge in [-0.1, -0.05) is 109 Å². The van der Waals surface area contributed by atoms with E-state index in [9.17, 15) is 0 Å². The number of rotatable bonds is 5. The molecular weight excluding hydrogens is 695 g/mol. The van der Waals surface area contributed by atoms with Crippen LogP contribution in [0, 0.1) is 0 Å². The Morgan fingerprint density at radius 1 is 0.421 bits per heavy atom. The van der Waals surface area contributed by atoms with Crippen LogP contribution in [0.3, 0.4) is 0 Å². The van der Waals surface area contributed by atoms with E-state index < -0.39 is 0 Å². The van der Waals surface area contributed by atoms with Crippen LogP contribution in [0.15, 0.2) is 205 Å². The van der Waals surface area contributed by atoms with E-state index in [4.69, 9.17) is 9.15 Å². The zero-order valence-electron chi connectivity index (χ0n) is 30.8. The lowest BCUT2D eigenvalue weighted by Gasteiger charge is -2.39. The fourth-order valence-electron chi connectivity index (χ4n) is 9.08. The van der Waals surface area contributed by atoms with Crippen LogP contribution in [-0.4, -0.2) is 6.71 Å². The van der Waals surface area contributed by atoms with E-state index in [2.05, 4.69) is 210 Å². The van der Waals surface area contributed by atoms with Crippen molar-refractivity contribution >= 4 is 89.9 Å². The van der Waals surface area contributed by atoms with Crippen molar-refractivity contribution in [3.63, 3.8) is 0 Å². The Labute approximate surface area is 330 Å². The Morgan fingerprint density at radius 2 is 1.07 bits per heavy atom. The number of furan rings is 1. The molecule has 5 heteroatoms. The maximum absolute atomic E-state index is 6.82. The monoisotopic (exact) mass is 728 g/mol. The third kappa shape index (κ3) is 5.02. The van der Waals surface area contributed by atoms with Crippen LogP contribution in [0.2, 0.25) is 0 Å². The first-order valence-electron chi connectivity index (χ1n) is 19.4. The molecule has 0 aliphatic carbocycles. The minimum Gasteiger partial charge on any atom is -0.458 e. The molecule has 10 aromatic rings. The molecule has 0 radical (unpaired) electrons. The van der Waals surface area contributed by atoms with Gasteiger partial charge in [0.1, 0.15) is 22.7 Å². The van der Waals surface area contributed by atoms with Crippen LogP contribution in [0.1, 0.15) is 0 Å². The van der Waals surface area contributed by atoms with Gasteiger partial charge in [-0.3, -0.25) is 0 Å². The molecule has 0 bridgehead atoms. The molecule has 1 aromatic heterocycles. The van der Waals surface area contributed by atoms with Crippen molar-refractivity contribution in [2.24, 2.45) is 0 Å². The molecule has 0 saturated carbocycles. The van der Waals surface area contributed by atoms with Crippen molar-refractivity contribution in [2.75, 3.05) is 9.80 Å². The lowest BCUT2D eigenvalue weighted by Crippen LogP contribution is -2.59. The average molecular weight is 729 g/mol. The highest BCUT2D eigenvalue weighted by Crippen LogP contribution is 2.43. The average Bonchev–Trinajstić information content (AvgIpc) is 3.62. The predicted octanol–water partition coefficient (Wildman–Crippen LogP) is 12.3. The van der Waals surface area contributed by atoms with E-state index in [0.717, 1.165) is 78.1 Å². The number of nitrogens with zero attached hydrogens (tertiary/aromatic N) is 2. The maximum atomic E-state index is 6.82. The van der Waals surface area contributed by atoms with Crippen LogP contribution in [0.25, 0.3) is 43.8 Å². The van der Waals surface area contributed by atoms with E-state index >= 15 is 0 Å². The first kappa shape index (κ1) is 31.8. The van der Waals surface area contributed by atoms with E-state index in [1.54, 1.807) is 0 Å². The molecule has 2 aliphatic heterocycles. The second-order valence-corrected chi connectivity index (χ2v) is 14.9. The molecule has 2 aliphatic rings. The standard InChI is InChI=1S/C52H33BN2O2/c1-4-13-34(14-5-1)35-23-26-40(27-24-35)54(38-15-6-2-7-16-38)41-28-25-36-30-42-43-32-51-45(33-50(43)57-49(42)31-37(36)29-41)53-44-19-10-11-20-46(44)55(39-17-8-3-9-18-39)47-21-12-22-48(56-51)52(47)53/h1-33H.